The van der Waals surface area contributed by atoms with Crippen LogP contribution < -0.4 is 5.56 Å². The minimum atomic E-state index is -0.130. The van der Waals surface area contributed by atoms with Crippen LogP contribution in [0.5, 0.6) is 0 Å². The molecule has 0 atom stereocenters. The fraction of sp³-hybridized carbons (Fsp3) is 0.333. The Morgan fingerprint density at radius 2 is 1.76 bits per heavy atom. The molecule has 0 unspecified atom stereocenters. The summed E-state index contributed by atoms with van der Waals surface area (Å²) in [5.74, 6) is -0.0554. The molecule has 0 amide bonds. The summed E-state index contributed by atoms with van der Waals surface area (Å²) in [4.78, 5) is 24.6. The van der Waals surface area contributed by atoms with Crippen LogP contribution in [-0.4, -0.2) is 33.3 Å². The molecule has 1 aromatic heterocycles. The Bertz CT molecular complexity index is 1080. The molecule has 0 saturated carbocycles. The highest BCUT2D eigenvalue weighted by molar-refractivity contribution is 6.48. The first-order valence-corrected chi connectivity index (χ1v) is 9.92. The second-order valence-electron chi connectivity index (χ2n) is 7.41. The molecule has 152 valence electrons. The minimum Gasteiger partial charge on any atom is -0.292 e. The quantitative estimate of drug-likeness (QED) is 0.733. The standard InChI is InChI=1S/C21H22Cl2N4O2/c1-11(2)15-9-14(24-27(5)21(15)29)10-16-17(22)7-13(8-18(16)23)20-19(28)6-12(3)26(4)25-20/h7-9,11H,3,6,10H2,1-2,4-5H3. The van der Waals surface area contributed by atoms with Gasteiger partial charge in [-0.15, -0.1) is 0 Å². The maximum atomic E-state index is 12.4. The SMILES string of the molecule is C=C1CC(=O)C(c2cc(Cl)c(Cc3cc(C(C)C)c(=O)n(C)n3)c(Cl)c2)=NN1C. The second kappa shape index (κ2) is 8.13. The lowest BCUT2D eigenvalue weighted by Gasteiger charge is -2.23. The lowest BCUT2D eigenvalue weighted by molar-refractivity contribution is -0.113. The maximum Gasteiger partial charge on any atom is 0.269 e. The van der Waals surface area contributed by atoms with Crippen LogP contribution >= 0.6 is 23.2 Å². The van der Waals surface area contributed by atoms with Crippen LogP contribution in [0.4, 0.5) is 0 Å². The average Bonchev–Trinajstić information content (AvgIpc) is 2.63. The fourth-order valence-corrected chi connectivity index (χ4v) is 3.78. The monoisotopic (exact) mass is 432 g/mol. The Morgan fingerprint density at radius 1 is 1.14 bits per heavy atom. The Balaban J connectivity index is 2.00. The van der Waals surface area contributed by atoms with Crippen molar-refractivity contribution in [1.82, 2.24) is 14.8 Å². The van der Waals surface area contributed by atoms with Gasteiger partial charge in [0.25, 0.3) is 5.56 Å². The number of carbonyl (C=O) groups excluding carboxylic acids is 1. The van der Waals surface area contributed by atoms with Gasteiger partial charge in [-0.25, -0.2) is 4.68 Å². The summed E-state index contributed by atoms with van der Waals surface area (Å²) in [7, 11) is 3.37. The topological polar surface area (TPSA) is 67.6 Å². The molecule has 2 heterocycles. The third-order valence-electron chi connectivity index (χ3n) is 4.87. The molecule has 1 aliphatic heterocycles. The van der Waals surface area contributed by atoms with Crippen molar-refractivity contribution >= 4 is 34.7 Å². The molecule has 2 aromatic rings. The van der Waals surface area contributed by atoms with Crippen LogP contribution in [0, 0.1) is 0 Å². The normalized spacial score (nSPS) is 14.6. The van der Waals surface area contributed by atoms with Crippen molar-refractivity contribution < 1.29 is 4.79 Å². The number of nitrogens with zero attached hydrogens (tertiary/aromatic N) is 4. The van der Waals surface area contributed by atoms with Gasteiger partial charge >= 0.3 is 0 Å². The van der Waals surface area contributed by atoms with E-state index in [-0.39, 0.29) is 23.7 Å². The number of carbonyl (C=O) groups is 1. The van der Waals surface area contributed by atoms with E-state index < -0.39 is 0 Å². The number of halogens is 2. The van der Waals surface area contributed by atoms with Crippen molar-refractivity contribution in [2.75, 3.05) is 7.05 Å². The Morgan fingerprint density at radius 3 is 2.34 bits per heavy atom. The number of aromatic nitrogens is 2. The fourth-order valence-electron chi connectivity index (χ4n) is 3.16. The number of benzene rings is 1. The third kappa shape index (κ3) is 4.28. The summed E-state index contributed by atoms with van der Waals surface area (Å²) in [6, 6.07) is 5.17. The van der Waals surface area contributed by atoms with Crippen molar-refractivity contribution in [3.8, 4) is 0 Å². The van der Waals surface area contributed by atoms with Gasteiger partial charge in [0.2, 0.25) is 0 Å². The van der Waals surface area contributed by atoms with E-state index in [1.54, 1.807) is 37.3 Å². The van der Waals surface area contributed by atoms with Gasteiger partial charge in [-0.3, -0.25) is 14.6 Å². The predicted molar refractivity (Wildman–Crippen MR) is 116 cm³/mol. The molecule has 3 rings (SSSR count). The smallest absolute Gasteiger partial charge is 0.269 e. The van der Waals surface area contributed by atoms with Crippen molar-refractivity contribution in [3.05, 3.63) is 73.3 Å². The summed E-state index contributed by atoms with van der Waals surface area (Å²) >= 11 is 13.0. The Kier molecular flexibility index (Phi) is 5.96. The van der Waals surface area contributed by atoms with Gasteiger partial charge in [0.1, 0.15) is 5.71 Å². The van der Waals surface area contributed by atoms with Gasteiger partial charge in [0.05, 0.1) is 12.1 Å². The summed E-state index contributed by atoms with van der Waals surface area (Å²) < 4.78 is 1.33. The van der Waals surface area contributed by atoms with E-state index in [2.05, 4.69) is 16.8 Å². The molecular weight excluding hydrogens is 411 g/mol. The largest absolute Gasteiger partial charge is 0.292 e. The summed E-state index contributed by atoms with van der Waals surface area (Å²) in [5.41, 5.74) is 3.44. The number of hydrogen-bond acceptors (Lipinski definition) is 5. The van der Waals surface area contributed by atoms with Crippen LogP contribution in [0.3, 0.4) is 0 Å². The average molecular weight is 433 g/mol. The summed E-state index contributed by atoms with van der Waals surface area (Å²) in [6.07, 6.45) is 0.565. The first-order chi connectivity index (χ1) is 13.6. The highest BCUT2D eigenvalue weighted by Gasteiger charge is 2.24. The van der Waals surface area contributed by atoms with E-state index in [1.165, 1.54) is 4.68 Å². The molecule has 0 radical (unpaired) electrons. The number of hydrazone groups is 1. The molecule has 0 fully saturated rings. The number of hydrogen-bond donors (Lipinski definition) is 0. The van der Waals surface area contributed by atoms with Crippen LogP contribution in [0.1, 0.15) is 48.6 Å². The van der Waals surface area contributed by atoms with E-state index in [0.717, 1.165) is 0 Å². The zero-order valence-electron chi connectivity index (χ0n) is 16.8. The molecule has 1 aromatic carbocycles. The van der Waals surface area contributed by atoms with Crippen molar-refractivity contribution in [1.29, 1.82) is 0 Å². The van der Waals surface area contributed by atoms with Gasteiger partial charge in [0.15, 0.2) is 5.78 Å². The van der Waals surface area contributed by atoms with E-state index in [4.69, 9.17) is 23.2 Å². The molecule has 0 saturated heterocycles. The first-order valence-electron chi connectivity index (χ1n) is 9.17. The van der Waals surface area contributed by atoms with Crippen LogP contribution in [-0.2, 0) is 18.3 Å². The zero-order chi connectivity index (χ0) is 21.5. The van der Waals surface area contributed by atoms with Gasteiger partial charge in [-0.05, 0) is 29.7 Å². The minimum absolute atomic E-state index is 0.0748. The van der Waals surface area contributed by atoms with Crippen molar-refractivity contribution in [2.45, 2.75) is 32.6 Å². The van der Waals surface area contributed by atoms with E-state index in [9.17, 15) is 9.59 Å². The van der Waals surface area contributed by atoms with Gasteiger partial charge < -0.3 is 0 Å². The molecule has 0 aliphatic carbocycles. The number of ketones is 1. The Labute approximate surface area is 179 Å². The Hall–Kier alpha value is -2.44. The number of rotatable bonds is 4. The first kappa shape index (κ1) is 21.3. The molecule has 0 bridgehead atoms. The lowest BCUT2D eigenvalue weighted by atomic mass is 9.98. The number of allylic oxidation sites excluding steroid dienone is 1. The maximum absolute atomic E-state index is 12.4. The molecule has 29 heavy (non-hydrogen) atoms. The van der Waals surface area contributed by atoms with Crippen LogP contribution in [0.15, 0.2) is 40.4 Å². The second-order valence-corrected chi connectivity index (χ2v) is 8.22. The molecule has 8 heteroatoms. The van der Waals surface area contributed by atoms with Crippen molar-refractivity contribution in [2.24, 2.45) is 12.1 Å². The third-order valence-corrected chi connectivity index (χ3v) is 5.55. The molecule has 1 aliphatic rings. The van der Waals surface area contributed by atoms with Gasteiger partial charge in [-0.2, -0.15) is 10.2 Å². The van der Waals surface area contributed by atoms with Crippen molar-refractivity contribution in [3.63, 3.8) is 0 Å². The van der Waals surface area contributed by atoms with Gasteiger partial charge in [0, 0.05) is 47.4 Å². The lowest BCUT2D eigenvalue weighted by Crippen LogP contribution is -2.28. The summed E-state index contributed by atoms with van der Waals surface area (Å²) in [5, 5.41) is 11.0. The van der Waals surface area contributed by atoms with Crippen LogP contribution in [0.2, 0.25) is 10.0 Å². The van der Waals surface area contributed by atoms with Crippen LogP contribution in [0.25, 0.3) is 0 Å². The highest BCUT2D eigenvalue weighted by atomic mass is 35.5. The zero-order valence-corrected chi connectivity index (χ0v) is 18.3. The van der Waals surface area contributed by atoms with E-state index in [0.29, 0.717) is 50.3 Å². The predicted octanol–water partition coefficient (Wildman–Crippen LogP) is 3.92. The van der Waals surface area contributed by atoms with E-state index in [1.807, 2.05) is 13.8 Å². The van der Waals surface area contributed by atoms with Gasteiger partial charge in [-0.1, -0.05) is 43.6 Å². The molecule has 0 N–H and O–H groups in total. The molecular formula is C21H22Cl2N4O2. The van der Waals surface area contributed by atoms with E-state index >= 15 is 0 Å². The number of aryl methyl sites for hydroxylation is 1. The molecule has 0 spiro atoms. The highest BCUT2D eigenvalue weighted by Crippen LogP contribution is 2.30. The molecule has 6 nitrogen and oxygen atoms in total. The number of Topliss-reactive ketones (excluding diaryl/α,β-unsaturated/α-hetero) is 1. The summed E-state index contributed by atoms with van der Waals surface area (Å²) in [6.45, 7) is 7.74.